The van der Waals surface area contributed by atoms with Crippen molar-refractivity contribution in [2.24, 2.45) is 0 Å². The number of hydrogen-bond donors (Lipinski definition) is 1. The van der Waals surface area contributed by atoms with Crippen molar-refractivity contribution in [1.82, 2.24) is 10.1 Å². The highest BCUT2D eigenvalue weighted by molar-refractivity contribution is 6.31. The van der Waals surface area contributed by atoms with Crippen LogP contribution in [0.1, 0.15) is 28.5 Å². The zero-order valence-electron chi connectivity index (χ0n) is 14.7. The fourth-order valence-electron chi connectivity index (χ4n) is 3.08. The van der Waals surface area contributed by atoms with Gasteiger partial charge in [0.25, 0.3) is 0 Å². The van der Waals surface area contributed by atoms with Gasteiger partial charge in [-0.05, 0) is 35.9 Å². The maximum atomic E-state index is 11.1. The Labute approximate surface area is 172 Å². The van der Waals surface area contributed by atoms with Gasteiger partial charge < -0.3 is 9.63 Å². The summed E-state index contributed by atoms with van der Waals surface area (Å²) in [4.78, 5) is 4.11. The van der Waals surface area contributed by atoms with Crippen LogP contribution >= 0.6 is 23.2 Å². The molecule has 0 bridgehead atoms. The largest absolute Gasteiger partial charge is 0.383 e. The highest BCUT2D eigenvalue weighted by Gasteiger charge is 2.25. The van der Waals surface area contributed by atoms with E-state index in [1.807, 2.05) is 42.5 Å². The molecule has 4 aromatic rings. The fourth-order valence-corrected chi connectivity index (χ4v) is 3.39. The number of aromatic nitrogens is 2. The van der Waals surface area contributed by atoms with Gasteiger partial charge in [-0.1, -0.05) is 58.7 Å². The molecule has 1 N–H and O–H groups in total. The van der Waals surface area contributed by atoms with Gasteiger partial charge in [-0.3, -0.25) is 4.98 Å². The molecule has 0 saturated carbocycles. The van der Waals surface area contributed by atoms with Gasteiger partial charge in [-0.2, -0.15) is 0 Å². The van der Waals surface area contributed by atoms with E-state index < -0.39 is 6.10 Å². The van der Waals surface area contributed by atoms with E-state index in [9.17, 15) is 5.11 Å². The van der Waals surface area contributed by atoms with Gasteiger partial charge in [0, 0.05) is 40.0 Å². The SMILES string of the molecule is OC(c1cccnc1)c1c(Cc2ccc(Cl)cc2)noc1-c1cccc(Cl)c1. The second kappa shape index (κ2) is 8.15. The van der Waals surface area contributed by atoms with Crippen molar-refractivity contribution >= 4 is 23.2 Å². The van der Waals surface area contributed by atoms with Crippen LogP contribution in [0.2, 0.25) is 10.0 Å². The first-order valence-corrected chi connectivity index (χ1v) is 9.44. The summed E-state index contributed by atoms with van der Waals surface area (Å²) in [5.74, 6) is 0.489. The van der Waals surface area contributed by atoms with Gasteiger partial charge in [0.15, 0.2) is 5.76 Å². The minimum atomic E-state index is -0.934. The Kier molecular flexibility index (Phi) is 5.44. The molecule has 4 rings (SSSR count). The molecule has 28 heavy (non-hydrogen) atoms. The molecule has 2 aromatic heterocycles. The van der Waals surface area contributed by atoms with Crippen molar-refractivity contribution in [2.75, 3.05) is 0 Å². The summed E-state index contributed by atoms with van der Waals surface area (Å²) >= 11 is 12.1. The van der Waals surface area contributed by atoms with Gasteiger partial charge in [0.05, 0.1) is 11.3 Å². The number of aliphatic hydroxyl groups is 1. The summed E-state index contributed by atoms with van der Waals surface area (Å²) in [7, 11) is 0. The lowest BCUT2D eigenvalue weighted by atomic mass is 9.95. The molecule has 1 unspecified atom stereocenters. The smallest absolute Gasteiger partial charge is 0.173 e. The number of nitrogens with zero attached hydrogens (tertiary/aromatic N) is 2. The van der Waals surface area contributed by atoms with Gasteiger partial charge >= 0.3 is 0 Å². The highest BCUT2D eigenvalue weighted by Crippen LogP contribution is 2.36. The molecule has 0 aliphatic carbocycles. The van der Waals surface area contributed by atoms with E-state index in [0.717, 1.165) is 11.1 Å². The molecule has 0 aliphatic rings. The number of halogens is 2. The Hall–Kier alpha value is -2.66. The molecule has 0 spiro atoms. The summed E-state index contributed by atoms with van der Waals surface area (Å²) < 4.78 is 5.66. The molecule has 2 heterocycles. The normalized spacial score (nSPS) is 12.1. The Bertz CT molecular complexity index is 1080. The lowest BCUT2D eigenvalue weighted by molar-refractivity contribution is 0.219. The predicted octanol–water partition coefficient (Wildman–Crippen LogP) is 5.72. The molecule has 0 radical (unpaired) electrons. The number of hydrogen-bond acceptors (Lipinski definition) is 4. The topological polar surface area (TPSA) is 59.2 Å². The Morgan fingerprint density at radius 2 is 1.79 bits per heavy atom. The van der Waals surface area contributed by atoms with Crippen LogP contribution in [0, 0.1) is 0 Å². The van der Waals surface area contributed by atoms with Gasteiger partial charge in [0.2, 0.25) is 0 Å². The standard InChI is InChI=1S/C22H16Cl2N2O2/c23-17-8-6-14(7-9-17)11-19-20(21(27)16-4-2-10-25-13-16)22(28-26-19)15-3-1-5-18(24)12-15/h1-10,12-13,21,27H,11H2. The maximum Gasteiger partial charge on any atom is 0.173 e. The molecule has 1 atom stereocenters. The summed E-state index contributed by atoms with van der Waals surface area (Å²) in [5.41, 5.74) is 3.67. The minimum absolute atomic E-state index is 0.489. The van der Waals surface area contributed by atoms with Crippen molar-refractivity contribution in [3.63, 3.8) is 0 Å². The second-order valence-electron chi connectivity index (χ2n) is 6.37. The maximum absolute atomic E-state index is 11.1. The van der Waals surface area contributed by atoms with E-state index in [2.05, 4.69) is 10.1 Å². The van der Waals surface area contributed by atoms with Gasteiger partial charge in [-0.25, -0.2) is 0 Å². The zero-order chi connectivity index (χ0) is 19.5. The van der Waals surface area contributed by atoms with Crippen LogP contribution in [-0.4, -0.2) is 15.2 Å². The molecule has 0 saturated heterocycles. The van der Waals surface area contributed by atoms with E-state index in [-0.39, 0.29) is 0 Å². The first-order chi connectivity index (χ1) is 13.6. The zero-order valence-corrected chi connectivity index (χ0v) is 16.2. The third-order valence-electron chi connectivity index (χ3n) is 4.45. The van der Waals surface area contributed by atoms with E-state index in [1.54, 1.807) is 30.6 Å². The van der Waals surface area contributed by atoms with E-state index in [0.29, 0.717) is 39.0 Å². The monoisotopic (exact) mass is 410 g/mol. The van der Waals surface area contributed by atoms with Crippen molar-refractivity contribution in [1.29, 1.82) is 0 Å². The van der Waals surface area contributed by atoms with Crippen molar-refractivity contribution in [2.45, 2.75) is 12.5 Å². The van der Waals surface area contributed by atoms with Crippen LogP contribution in [-0.2, 0) is 6.42 Å². The number of pyridine rings is 1. The number of aliphatic hydroxyl groups excluding tert-OH is 1. The fraction of sp³-hybridized carbons (Fsp3) is 0.0909. The molecule has 2 aromatic carbocycles. The Morgan fingerprint density at radius 3 is 2.50 bits per heavy atom. The minimum Gasteiger partial charge on any atom is -0.383 e. The first-order valence-electron chi connectivity index (χ1n) is 8.68. The number of benzene rings is 2. The predicted molar refractivity (Wildman–Crippen MR) is 110 cm³/mol. The second-order valence-corrected chi connectivity index (χ2v) is 7.25. The van der Waals surface area contributed by atoms with Crippen molar-refractivity contribution < 1.29 is 9.63 Å². The average Bonchev–Trinajstić information content (AvgIpc) is 3.13. The lowest BCUT2D eigenvalue weighted by Crippen LogP contribution is -2.05. The molecule has 0 fully saturated rings. The first kappa shape index (κ1) is 18.7. The van der Waals surface area contributed by atoms with Crippen LogP contribution in [0.3, 0.4) is 0 Å². The average molecular weight is 411 g/mol. The Balaban J connectivity index is 1.81. The van der Waals surface area contributed by atoms with Crippen LogP contribution in [0.25, 0.3) is 11.3 Å². The van der Waals surface area contributed by atoms with Crippen molar-refractivity contribution in [3.8, 4) is 11.3 Å². The van der Waals surface area contributed by atoms with Crippen LogP contribution in [0.15, 0.2) is 77.6 Å². The summed E-state index contributed by atoms with van der Waals surface area (Å²) in [6.45, 7) is 0. The van der Waals surface area contributed by atoms with E-state index >= 15 is 0 Å². The summed E-state index contributed by atoms with van der Waals surface area (Å²) in [6, 6.07) is 18.4. The molecule has 0 amide bonds. The van der Waals surface area contributed by atoms with Crippen LogP contribution < -0.4 is 0 Å². The molecule has 0 aliphatic heterocycles. The van der Waals surface area contributed by atoms with Gasteiger partial charge in [-0.15, -0.1) is 0 Å². The molecular weight excluding hydrogens is 395 g/mol. The number of rotatable bonds is 5. The van der Waals surface area contributed by atoms with Crippen LogP contribution in [0.4, 0.5) is 0 Å². The molecule has 4 nitrogen and oxygen atoms in total. The Morgan fingerprint density at radius 1 is 0.964 bits per heavy atom. The summed E-state index contributed by atoms with van der Waals surface area (Å²) in [6.07, 6.45) is 2.85. The third kappa shape index (κ3) is 3.94. The van der Waals surface area contributed by atoms with Crippen LogP contribution in [0.5, 0.6) is 0 Å². The molecular formula is C22H16Cl2N2O2. The quantitative estimate of drug-likeness (QED) is 0.457. The lowest BCUT2D eigenvalue weighted by Gasteiger charge is -2.12. The molecule has 140 valence electrons. The van der Waals surface area contributed by atoms with Crippen molar-refractivity contribution in [3.05, 3.63) is 105 Å². The summed E-state index contributed by atoms with van der Waals surface area (Å²) in [5, 5.41) is 16.6. The van der Waals surface area contributed by atoms with E-state index in [1.165, 1.54) is 0 Å². The molecule has 6 heteroatoms. The highest BCUT2D eigenvalue weighted by atomic mass is 35.5. The third-order valence-corrected chi connectivity index (χ3v) is 4.93. The van der Waals surface area contributed by atoms with E-state index in [4.69, 9.17) is 27.7 Å². The van der Waals surface area contributed by atoms with Gasteiger partial charge in [0.1, 0.15) is 6.10 Å².